The molecular weight excluding hydrogens is 550 g/mol. The topological polar surface area (TPSA) is 95.8 Å². The standard InChI is InChI=1S/C33H43N3O7/c1-22-7-12-29-23(2)30(40-31-33(29)28(22)13-14-32(3,41-31)42-43-33)39-21-25-6-4-5-24(19-25)20-34-15-17-35(18-16-34)26-8-10-27(11-9-26)36(37)38/h4-6,8-11,19,22-23,28-31H,7,12-18,20-21H2,1-3H3/t22-,23-,28+,29+,30+,31-,32-,33-/m1/s1. The van der Waals surface area contributed by atoms with Crippen LogP contribution in [0, 0.1) is 33.8 Å². The summed E-state index contributed by atoms with van der Waals surface area (Å²) in [5, 5.41) is 11.0. The van der Waals surface area contributed by atoms with E-state index in [4.69, 9.17) is 24.0 Å². The lowest BCUT2D eigenvalue weighted by Crippen LogP contribution is -2.70. The number of piperazine rings is 1. The van der Waals surface area contributed by atoms with E-state index in [2.05, 4.69) is 47.9 Å². The monoisotopic (exact) mass is 593 g/mol. The fraction of sp³-hybridized carbons (Fsp3) is 0.636. The second kappa shape index (κ2) is 11.4. The maximum Gasteiger partial charge on any atom is 0.269 e. The lowest BCUT2D eigenvalue weighted by Gasteiger charge is -2.60. The number of ether oxygens (including phenoxy) is 3. The average molecular weight is 594 g/mol. The van der Waals surface area contributed by atoms with Crippen molar-refractivity contribution in [1.29, 1.82) is 0 Å². The van der Waals surface area contributed by atoms with Crippen molar-refractivity contribution in [2.45, 2.75) is 83.6 Å². The van der Waals surface area contributed by atoms with Gasteiger partial charge < -0.3 is 19.1 Å². The third-order valence-corrected chi connectivity index (χ3v) is 10.7. The quantitative estimate of drug-likeness (QED) is 0.230. The molecule has 10 nitrogen and oxygen atoms in total. The van der Waals surface area contributed by atoms with Crippen LogP contribution in [0.2, 0.25) is 0 Å². The molecule has 1 aliphatic carbocycles. The van der Waals surface area contributed by atoms with Crippen LogP contribution in [0.4, 0.5) is 11.4 Å². The van der Waals surface area contributed by atoms with Gasteiger partial charge in [-0.05, 0) is 61.3 Å². The summed E-state index contributed by atoms with van der Waals surface area (Å²) >= 11 is 0. The van der Waals surface area contributed by atoms with E-state index < -0.39 is 17.7 Å². The number of anilines is 1. The molecule has 5 heterocycles. The fourth-order valence-corrected chi connectivity index (χ4v) is 8.27. The molecule has 232 valence electrons. The maximum absolute atomic E-state index is 11.0. The first kappa shape index (κ1) is 29.1. The summed E-state index contributed by atoms with van der Waals surface area (Å²) in [5.41, 5.74) is 2.97. The van der Waals surface area contributed by atoms with Gasteiger partial charge in [-0.25, -0.2) is 9.78 Å². The van der Waals surface area contributed by atoms with E-state index in [0.717, 1.165) is 63.2 Å². The first-order valence-corrected chi connectivity index (χ1v) is 15.9. The number of nitrogens with zero attached hydrogens (tertiary/aromatic N) is 3. The van der Waals surface area contributed by atoms with E-state index in [9.17, 15) is 10.1 Å². The van der Waals surface area contributed by atoms with Gasteiger partial charge in [-0.1, -0.05) is 38.1 Å². The second-order valence-corrected chi connectivity index (χ2v) is 13.4. The van der Waals surface area contributed by atoms with Gasteiger partial charge in [-0.3, -0.25) is 15.0 Å². The van der Waals surface area contributed by atoms with Crippen molar-refractivity contribution in [3.05, 3.63) is 69.8 Å². The summed E-state index contributed by atoms with van der Waals surface area (Å²) in [6.07, 6.45) is 3.17. The van der Waals surface area contributed by atoms with Crippen molar-refractivity contribution < 1.29 is 28.9 Å². The Kier molecular flexibility index (Phi) is 7.72. The zero-order chi connectivity index (χ0) is 29.8. The van der Waals surface area contributed by atoms with Gasteiger partial charge in [0.1, 0.15) is 0 Å². The van der Waals surface area contributed by atoms with E-state index in [0.29, 0.717) is 18.4 Å². The van der Waals surface area contributed by atoms with Gasteiger partial charge in [0.05, 0.1) is 11.5 Å². The Hall–Kier alpha value is -2.60. The Labute approximate surface area is 253 Å². The minimum Gasteiger partial charge on any atom is -0.369 e. The van der Waals surface area contributed by atoms with Crippen LogP contribution < -0.4 is 4.90 Å². The average Bonchev–Trinajstić information content (AvgIpc) is 3.24. The number of hydrogen-bond donors (Lipinski definition) is 0. The van der Waals surface area contributed by atoms with E-state index >= 15 is 0 Å². The molecular formula is C33H43N3O7. The van der Waals surface area contributed by atoms with Crippen LogP contribution in [-0.4, -0.2) is 60.0 Å². The molecule has 6 fully saturated rings. The lowest BCUT2D eigenvalue weighted by molar-refractivity contribution is -0.577. The van der Waals surface area contributed by atoms with Crippen molar-refractivity contribution in [2.75, 3.05) is 31.1 Å². The van der Waals surface area contributed by atoms with Crippen molar-refractivity contribution in [1.82, 2.24) is 4.90 Å². The maximum atomic E-state index is 11.0. The van der Waals surface area contributed by atoms with Gasteiger partial charge in [0.15, 0.2) is 18.2 Å². The Bertz CT molecular complexity index is 1320. The van der Waals surface area contributed by atoms with Crippen molar-refractivity contribution in [2.24, 2.45) is 23.7 Å². The molecule has 2 aromatic rings. The van der Waals surface area contributed by atoms with Gasteiger partial charge >= 0.3 is 0 Å². The molecule has 0 radical (unpaired) electrons. The molecule has 2 aromatic carbocycles. The van der Waals surface area contributed by atoms with E-state index in [1.165, 1.54) is 12.0 Å². The minimum absolute atomic E-state index is 0.125. The smallest absolute Gasteiger partial charge is 0.269 e. The highest BCUT2D eigenvalue weighted by molar-refractivity contribution is 5.51. The van der Waals surface area contributed by atoms with E-state index in [1.807, 2.05) is 19.1 Å². The number of nitro groups is 1. The predicted octanol–water partition coefficient (Wildman–Crippen LogP) is 5.64. The Morgan fingerprint density at radius 2 is 1.74 bits per heavy atom. The summed E-state index contributed by atoms with van der Waals surface area (Å²) in [7, 11) is 0. The summed E-state index contributed by atoms with van der Waals surface area (Å²) in [5.74, 6) is 0.487. The number of rotatable bonds is 7. The van der Waals surface area contributed by atoms with E-state index in [1.54, 1.807) is 12.1 Å². The van der Waals surface area contributed by atoms with Crippen molar-refractivity contribution in [3.8, 4) is 0 Å². The Morgan fingerprint density at radius 3 is 2.51 bits per heavy atom. The van der Waals surface area contributed by atoms with Gasteiger partial charge in [0, 0.05) is 68.8 Å². The van der Waals surface area contributed by atoms with Crippen LogP contribution in [0.1, 0.15) is 57.6 Å². The van der Waals surface area contributed by atoms with E-state index in [-0.39, 0.29) is 28.7 Å². The van der Waals surface area contributed by atoms with Gasteiger partial charge in [0.2, 0.25) is 5.79 Å². The fourth-order valence-electron chi connectivity index (χ4n) is 8.27. The normalized spacial score (nSPS) is 37.5. The number of non-ortho nitro benzene ring substituents is 1. The first-order chi connectivity index (χ1) is 20.7. The van der Waals surface area contributed by atoms with Crippen LogP contribution >= 0.6 is 0 Å². The van der Waals surface area contributed by atoms with Crippen LogP contribution in [-0.2, 0) is 37.1 Å². The molecule has 0 N–H and O–H groups in total. The number of benzene rings is 2. The zero-order valence-corrected chi connectivity index (χ0v) is 25.4. The van der Waals surface area contributed by atoms with Crippen LogP contribution in [0.3, 0.4) is 0 Å². The molecule has 8 rings (SSSR count). The summed E-state index contributed by atoms with van der Waals surface area (Å²) in [4.78, 5) is 27.6. The molecule has 0 amide bonds. The molecule has 5 aliphatic heterocycles. The summed E-state index contributed by atoms with van der Waals surface area (Å²) < 4.78 is 19.6. The first-order valence-electron chi connectivity index (χ1n) is 15.9. The molecule has 2 bridgehead atoms. The summed E-state index contributed by atoms with van der Waals surface area (Å²) in [6, 6.07) is 15.5. The number of fused-ring (bicyclic) bond motifs is 2. The minimum atomic E-state index is -0.787. The SMILES string of the molecule is C[C@H]1[C@@H](OCc2cccc(CN3CCN(c4ccc([N+](=O)[O-])cc4)CC3)c2)O[C@@H]2O[C@@]3(C)CC[C@H]4[C@H](C)CC[C@@H]1[C@@]24OO3. The number of nitro benzene ring substituents is 1. The molecule has 43 heavy (non-hydrogen) atoms. The zero-order valence-electron chi connectivity index (χ0n) is 25.4. The molecule has 1 spiro atoms. The number of hydrogen-bond acceptors (Lipinski definition) is 9. The summed E-state index contributed by atoms with van der Waals surface area (Å²) in [6.45, 7) is 11.5. The highest BCUT2D eigenvalue weighted by Crippen LogP contribution is 2.60. The van der Waals surface area contributed by atoms with Crippen LogP contribution in [0.15, 0.2) is 48.5 Å². The molecule has 5 saturated heterocycles. The highest BCUT2D eigenvalue weighted by atomic mass is 17.3. The van der Waals surface area contributed by atoms with Crippen LogP contribution in [0.5, 0.6) is 0 Å². The highest BCUT2D eigenvalue weighted by Gasteiger charge is 2.69. The molecule has 1 saturated carbocycles. The molecule has 10 heteroatoms. The molecule has 0 aromatic heterocycles. The lowest BCUT2D eigenvalue weighted by atomic mass is 9.58. The van der Waals surface area contributed by atoms with Gasteiger partial charge in [-0.2, -0.15) is 0 Å². The third-order valence-electron chi connectivity index (χ3n) is 10.7. The molecule has 0 unspecified atom stereocenters. The third kappa shape index (κ3) is 5.36. The molecule has 6 aliphatic rings. The largest absolute Gasteiger partial charge is 0.369 e. The van der Waals surface area contributed by atoms with Crippen molar-refractivity contribution in [3.63, 3.8) is 0 Å². The van der Waals surface area contributed by atoms with Gasteiger partial charge in [-0.15, -0.1) is 0 Å². The Morgan fingerprint density at radius 1 is 0.977 bits per heavy atom. The van der Waals surface area contributed by atoms with Gasteiger partial charge in [0.25, 0.3) is 5.69 Å². The predicted molar refractivity (Wildman–Crippen MR) is 159 cm³/mol. The second-order valence-electron chi connectivity index (χ2n) is 13.4. The molecule has 8 atom stereocenters. The van der Waals surface area contributed by atoms with Crippen molar-refractivity contribution >= 4 is 11.4 Å². The van der Waals surface area contributed by atoms with Crippen LogP contribution in [0.25, 0.3) is 0 Å². The Balaban J connectivity index is 0.963.